The first kappa shape index (κ1) is 21.7. The van der Waals surface area contributed by atoms with Crippen LogP contribution in [-0.4, -0.2) is 47.0 Å². The fraction of sp³-hybridized carbons (Fsp3) is 0.545. The van der Waals surface area contributed by atoms with Gasteiger partial charge in [-0.15, -0.1) is 0 Å². The Morgan fingerprint density at radius 3 is 2.62 bits per heavy atom. The molecule has 2 heterocycles. The highest BCUT2D eigenvalue weighted by atomic mass is 32.2. The zero-order valence-corrected chi connectivity index (χ0v) is 18.4. The molecule has 7 heteroatoms. The Morgan fingerprint density at radius 1 is 1.24 bits per heavy atom. The van der Waals surface area contributed by atoms with Gasteiger partial charge in [0.1, 0.15) is 5.78 Å². The van der Waals surface area contributed by atoms with Gasteiger partial charge < -0.3 is 4.57 Å². The smallest absolute Gasteiger partial charge is 0.228 e. The molecular weight excluding hydrogens is 386 g/mol. The Kier molecular flexibility index (Phi) is 6.90. The summed E-state index contributed by atoms with van der Waals surface area (Å²) in [6.07, 6.45) is 4.35. The van der Waals surface area contributed by atoms with Crippen molar-refractivity contribution in [1.29, 1.82) is 0 Å². The minimum absolute atomic E-state index is 0.0725. The minimum Gasteiger partial charge on any atom is -0.317 e. The summed E-state index contributed by atoms with van der Waals surface area (Å²) in [5, 5.41) is -0.371. The van der Waals surface area contributed by atoms with Gasteiger partial charge in [0, 0.05) is 25.6 Å². The van der Waals surface area contributed by atoms with E-state index in [2.05, 4.69) is 22.0 Å². The molecule has 1 fully saturated rings. The van der Waals surface area contributed by atoms with Crippen LogP contribution in [0.3, 0.4) is 0 Å². The zero-order valence-electron chi connectivity index (χ0n) is 17.5. The molecule has 1 aliphatic heterocycles. The number of aromatic nitrogens is 2. The molecule has 6 nitrogen and oxygen atoms in total. The first-order chi connectivity index (χ1) is 13.8. The Balaban J connectivity index is 1.86. The van der Waals surface area contributed by atoms with Crippen LogP contribution < -0.4 is 0 Å². The van der Waals surface area contributed by atoms with Crippen molar-refractivity contribution in [3.8, 4) is 0 Å². The van der Waals surface area contributed by atoms with E-state index in [0.717, 1.165) is 43.6 Å². The molecule has 2 aromatic rings. The van der Waals surface area contributed by atoms with Gasteiger partial charge >= 0.3 is 0 Å². The van der Waals surface area contributed by atoms with Gasteiger partial charge in [0.15, 0.2) is 0 Å². The molecule has 3 rings (SSSR count). The van der Waals surface area contributed by atoms with E-state index in [9.17, 15) is 13.2 Å². The quantitative estimate of drug-likeness (QED) is 0.660. The summed E-state index contributed by atoms with van der Waals surface area (Å²) in [6.45, 7) is 7.85. The summed E-state index contributed by atoms with van der Waals surface area (Å²) in [5.41, 5.74) is 2.05. The number of benzene rings is 1. The number of hydrogen-bond donors (Lipinski definition) is 0. The molecule has 0 radical (unpaired) electrons. The molecule has 0 unspecified atom stereocenters. The van der Waals surface area contributed by atoms with Crippen molar-refractivity contribution in [1.82, 2.24) is 14.5 Å². The van der Waals surface area contributed by atoms with Crippen LogP contribution in [0.15, 0.2) is 41.7 Å². The largest absolute Gasteiger partial charge is 0.317 e. The van der Waals surface area contributed by atoms with Gasteiger partial charge in [-0.25, -0.2) is 13.4 Å². The number of Topliss-reactive ketones (excluding diaryl/α,β-unsaturated/α-hetero) is 1. The van der Waals surface area contributed by atoms with Crippen LogP contribution in [0.25, 0.3) is 0 Å². The number of carbonyl (C=O) groups excluding carboxylic acids is 1. The van der Waals surface area contributed by atoms with Gasteiger partial charge in [-0.1, -0.05) is 30.3 Å². The number of likely N-dealkylation sites (tertiary alicyclic amines) is 1. The molecule has 0 bridgehead atoms. The highest BCUT2D eigenvalue weighted by Gasteiger charge is 2.28. The molecule has 0 spiro atoms. The van der Waals surface area contributed by atoms with Gasteiger partial charge in [0.2, 0.25) is 15.0 Å². The number of rotatable bonds is 8. The monoisotopic (exact) mass is 417 g/mol. The number of carbonyl (C=O) groups is 1. The van der Waals surface area contributed by atoms with Crippen molar-refractivity contribution in [2.24, 2.45) is 5.92 Å². The van der Waals surface area contributed by atoms with Gasteiger partial charge in [-0.2, -0.15) is 0 Å². The Hall–Kier alpha value is -1.99. The lowest BCUT2D eigenvalue weighted by Gasteiger charge is -2.31. The first-order valence-corrected chi connectivity index (χ1v) is 11.9. The second-order valence-electron chi connectivity index (χ2n) is 8.20. The van der Waals surface area contributed by atoms with Gasteiger partial charge in [0.25, 0.3) is 0 Å². The number of piperidine rings is 1. The van der Waals surface area contributed by atoms with Crippen molar-refractivity contribution in [3.63, 3.8) is 0 Å². The molecular formula is C22H31N3O3S. The predicted molar refractivity (Wildman–Crippen MR) is 113 cm³/mol. The predicted octanol–water partition coefficient (Wildman–Crippen LogP) is 3.11. The summed E-state index contributed by atoms with van der Waals surface area (Å²) >= 11 is 0. The van der Waals surface area contributed by atoms with Crippen molar-refractivity contribution < 1.29 is 13.2 Å². The van der Waals surface area contributed by atoms with E-state index >= 15 is 0 Å². The van der Waals surface area contributed by atoms with E-state index in [-0.39, 0.29) is 16.9 Å². The number of hydrogen-bond acceptors (Lipinski definition) is 5. The highest BCUT2D eigenvalue weighted by molar-refractivity contribution is 7.91. The summed E-state index contributed by atoms with van der Waals surface area (Å²) in [5.74, 6) is 0.304. The zero-order chi connectivity index (χ0) is 21.0. The van der Waals surface area contributed by atoms with Crippen molar-refractivity contribution in [2.45, 2.75) is 63.5 Å². The molecule has 0 amide bonds. The van der Waals surface area contributed by atoms with Crippen molar-refractivity contribution in [3.05, 3.63) is 47.8 Å². The standard InChI is InChI=1S/C22H31N3O3S/c1-17(2)29(27,28)22-23-14-21(16-24-12-7-10-20(15-24)18(3)26)25(22)13-11-19-8-5-4-6-9-19/h4-6,8-9,14,17,20H,7,10-13,15-16H2,1-3H3/t20-/m0/s1. The molecule has 0 N–H and O–H groups in total. The van der Waals surface area contributed by atoms with Crippen LogP contribution in [0.5, 0.6) is 0 Å². The van der Waals surface area contributed by atoms with Crippen LogP contribution in [0.2, 0.25) is 0 Å². The lowest BCUT2D eigenvalue weighted by Crippen LogP contribution is -2.38. The SMILES string of the molecule is CC(=O)[C@H]1CCCN(Cc2cnc(S(=O)(=O)C(C)C)n2CCc2ccccc2)C1. The molecule has 1 aromatic carbocycles. The maximum absolute atomic E-state index is 12.9. The Morgan fingerprint density at radius 2 is 1.97 bits per heavy atom. The van der Waals surface area contributed by atoms with E-state index < -0.39 is 15.1 Å². The average Bonchev–Trinajstić information content (AvgIpc) is 3.10. The molecule has 0 saturated carbocycles. The third-order valence-corrected chi connectivity index (χ3v) is 7.79. The van der Waals surface area contributed by atoms with Gasteiger partial charge in [-0.3, -0.25) is 9.69 Å². The van der Waals surface area contributed by atoms with E-state index in [1.54, 1.807) is 27.0 Å². The number of aryl methyl sites for hydroxylation is 1. The van der Waals surface area contributed by atoms with Crippen LogP contribution in [-0.2, 0) is 34.1 Å². The topological polar surface area (TPSA) is 72.3 Å². The summed E-state index contributed by atoms with van der Waals surface area (Å²) in [4.78, 5) is 18.4. The van der Waals surface area contributed by atoms with Crippen molar-refractivity contribution >= 4 is 15.6 Å². The summed E-state index contributed by atoms with van der Waals surface area (Å²) in [6, 6.07) is 10.1. The van der Waals surface area contributed by atoms with Crippen LogP contribution in [0.4, 0.5) is 0 Å². The third kappa shape index (κ3) is 5.14. The second kappa shape index (κ2) is 9.22. The molecule has 158 valence electrons. The highest BCUT2D eigenvalue weighted by Crippen LogP contribution is 2.22. The van der Waals surface area contributed by atoms with Crippen molar-refractivity contribution in [2.75, 3.05) is 13.1 Å². The van der Waals surface area contributed by atoms with E-state index in [0.29, 0.717) is 13.1 Å². The van der Waals surface area contributed by atoms with Gasteiger partial charge in [0.05, 0.1) is 17.1 Å². The second-order valence-corrected chi connectivity index (χ2v) is 10.6. The molecule has 0 aliphatic carbocycles. The van der Waals surface area contributed by atoms with Crippen LogP contribution in [0, 0.1) is 5.92 Å². The molecule has 1 aromatic heterocycles. The van der Waals surface area contributed by atoms with E-state index in [1.807, 2.05) is 22.8 Å². The number of sulfone groups is 1. The van der Waals surface area contributed by atoms with Crippen LogP contribution in [0.1, 0.15) is 44.9 Å². The normalized spacial score (nSPS) is 18.3. The number of nitrogens with zero attached hydrogens (tertiary/aromatic N) is 3. The van der Waals surface area contributed by atoms with Gasteiger partial charge in [-0.05, 0) is 52.1 Å². The molecule has 29 heavy (non-hydrogen) atoms. The average molecular weight is 418 g/mol. The van der Waals surface area contributed by atoms with E-state index in [1.165, 1.54) is 0 Å². The number of ketones is 1. The Bertz CT molecular complexity index is 935. The van der Waals surface area contributed by atoms with E-state index in [4.69, 9.17) is 0 Å². The molecule has 1 aliphatic rings. The summed E-state index contributed by atoms with van der Waals surface area (Å²) in [7, 11) is -3.48. The summed E-state index contributed by atoms with van der Waals surface area (Å²) < 4.78 is 27.6. The minimum atomic E-state index is -3.48. The maximum atomic E-state index is 12.9. The Labute approximate surface area is 173 Å². The lowest BCUT2D eigenvalue weighted by molar-refractivity contribution is -0.122. The fourth-order valence-corrected chi connectivity index (χ4v) is 4.98. The number of imidazole rings is 1. The lowest BCUT2D eigenvalue weighted by atomic mass is 9.94. The third-order valence-electron chi connectivity index (χ3n) is 5.71. The molecule has 1 atom stereocenters. The molecule has 1 saturated heterocycles. The maximum Gasteiger partial charge on any atom is 0.228 e. The first-order valence-electron chi connectivity index (χ1n) is 10.3. The fourth-order valence-electron chi connectivity index (χ4n) is 3.84. The van der Waals surface area contributed by atoms with Crippen LogP contribution >= 0.6 is 0 Å².